The van der Waals surface area contributed by atoms with Crippen LogP contribution >= 0.6 is 11.6 Å². The van der Waals surface area contributed by atoms with Crippen molar-refractivity contribution in [2.75, 3.05) is 6.26 Å². The van der Waals surface area contributed by atoms with Gasteiger partial charge in [-0.25, -0.2) is 0 Å². The number of nitro groups is 1. The molecule has 0 bridgehead atoms. The van der Waals surface area contributed by atoms with Crippen LogP contribution in [0.4, 0.5) is 5.69 Å². The van der Waals surface area contributed by atoms with Crippen LogP contribution in [0.15, 0.2) is 18.2 Å². The summed E-state index contributed by atoms with van der Waals surface area (Å²) in [5, 5.41) is 10.4. The van der Waals surface area contributed by atoms with Gasteiger partial charge in [0.1, 0.15) is 10.8 Å². The molecule has 82 valence electrons. The van der Waals surface area contributed by atoms with E-state index in [4.69, 9.17) is 11.6 Å². The van der Waals surface area contributed by atoms with Crippen LogP contribution in [0.1, 0.15) is 0 Å². The molecule has 0 amide bonds. The van der Waals surface area contributed by atoms with Crippen molar-refractivity contribution in [3.8, 4) is 5.75 Å². The van der Waals surface area contributed by atoms with Gasteiger partial charge in [-0.2, -0.15) is 8.42 Å². The second-order valence-corrected chi connectivity index (χ2v) is 4.64. The molecule has 0 fully saturated rings. The smallest absolute Gasteiger partial charge is 0.306 e. The summed E-state index contributed by atoms with van der Waals surface area (Å²) in [5.41, 5.74) is -0.405. The van der Waals surface area contributed by atoms with Gasteiger partial charge in [0, 0.05) is 0 Å². The Morgan fingerprint density at radius 3 is 2.53 bits per heavy atom. The molecule has 6 nitrogen and oxygen atoms in total. The van der Waals surface area contributed by atoms with Gasteiger partial charge in [0.25, 0.3) is 5.69 Å². The summed E-state index contributed by atoms with van der Waals surface area (Å²) in [6.45, 7) is 0. The predicted octanol–water partition coefficient (Wildman–Crippen LogP) is 1.59. The molecular formula is C7H6ClNO5S. The molecule has 0 saturated heterocycles. The number of nitro benzene ring substituents is 1. The molecule has 1 rings (SSSR count). The van der Waals surface area contributed by atoms with Crippen LogP contribution in [0.2, 0.25) is 5.02 Å². The maximum atomic E-state index is 10.7. The highest BCUT2D eigenvalue weighted by molar-refractivity contribution is 7.86. The molecule has 15 heavy (non-hydrogen) atoms. The molecular weight excluding hydrogens is 246 g/mol. The third kappa shape index (κ3) is 3.37. The van der Waals surface area contributed by atoms with Crippen LogP contribution < -0.4 is 4.18 Å². The number of rotatable bonds is 3. The normalized spacial score (nSPS) is 11.1. The Morgan fingerprint density at radius 2 is 2.07 bits per heavy atom. The van der Waals surface area contributed by atoms with E-state index in [2.05, 4.69) is 4.18 Å². The summed E-state index contributed by atoms with van der Waals surface area (Å²) in [4.78, 5) is 9.73. The molecule has 0 aromatic heterocycles. The van der Waals surface area contributed by atoms with Crippen molar-refractivity contribution in [1.29, 1.82) is 0 Å². The monoisotopic (exact) mass is 251 g/mol. The van der Waals surface area contributed by atoms with Gasteiger partial charge in [-0.3, -0.25) is 10.1 Å². The quantitative estimate of drug-likeness (QED) is 0.462. The fraction of sp³-hybridized carbons (Fsp3) is 0.143. The highest BCUT2D eigenvalue weighted by atomic mass is 35.5. The van der Waals surface area contributed by atoms with Crippen molar-refractivity contribution < 1.29 is 17.5 Å². The second-order valence-electron chi connectivity index (χ2n) is 2.66. The first kappa shape index (κ1) is 11.7. The fourth-order valence-corrected chi connectivity index (χ4v) is 1.50. The van der Waals surface area contributed by atoms with E-state index in [1.807, 2.05) is 0 Å². The van der Waals surface area contributed by atoms with E-state index < -0.39 is 20.7 Å². The standard InChI is InChI=1S/C7H6ClNO5S/c1-15(12,13)14-5-2-3-6(8)7(4-5)9(10)11/h2-4H,1H3. The Balaban J connectivity index is 3.14. The fourth-order valence-electron chi connectivity index (χ4n) is 0.859. The van der Waals surface area contributed by atoms with E-state index in [1.54, 1.807) is 0 Å². The summed E-state index contributed by atoms with van der Waals surface area (Å²) in [5.74, 6) is -0.145. The highest BCUT2D eigenvalue weighted by Crippen LogP contribution is 2.28. The van der Waals surface area contributed by atoms with E-state index >= 15 is 0 Å². The lowest BCUT2D eigenvalue weighted by Gasteiger charge is -2.02. The van der Waals surface area contributed by atoms with Gasteiger partial charge < -0.3 is 4.18 Å². The zero-order valence-corrected chi connectivity index (χ0v) is 9.08. The lowest BCUT2D eigenvalue weighted by molar-refractivity contribution is -0.384. The Bertz CT molecular complexity index is 498. The molecule has 0 atom stereocenters. The zero-order chi connectivity index (χ0) is 11.6. The average molecular weight is 252 g/mol. The van der Waals surface area contributed by atoms with E-state index in [9.17, 15) is 18.5 Å². The van der Waals surface area contributed by atoms with Crippen LogP contribution in [0.25, 0.3) is 0 Å². The zero-order valence-electron chi connectivity index (χ0n) is 7.51. The van der Waals surface area contributed by atoms with E-state index in [1.165, 1.54) is 12.1 Å². The molecule has 0 aliphatic heterocycles. The molecule has 0 saturated carbocycles. The maximum Gasteiger partial charge on any atom is 0.306 e. The van der Waals surface area contributed by atoms with Crippen molar-refractivity contribution in [2.24, 2.45) is 0 Å². The van der Waals surface area contributed by atoms with Gasteiger partial charge in [-0.05, 0) is 12.1 Å². The van der Waals surface area contributed by atoms with Crippen LogP contribution in [0, 0.1) is 10.1 Å². The van der Waals surface area contributed by atoms with E-state index in [-0.39, 0.29) is 10.8 Å². The van der Waals surface area contributed by atoms with Gasteiger partial charge in [-0.15, -0.1) is 0 Å². The molecule has 8 heteroatoms. The number of benzene rings is 1. The van der Waals surface area contributed by atoms with Gasteiger partial charge in [0.15, 0.2) is 0 Å². The first-order valence-electron chi connectivity index (χ1n) is 3.63. The Hall–Kier alpha value is -1.34. The van der Waals surface area contributed by atoms with Gasteiger partial charge >= 0.3 is 10.1 Å². The van der Waals surface area contributed by atoms with Crippen molar-refractivity contribution >= 4 is 27.4 Å². The van der Waals surface area contributed by atoms with Crippen molar-refractivity contribution in [2.45, 2.75) is 0 Å². The largest absolute Gasteiger partial charge is 0.382 e. The Kier molecular flexibility index (Phi) is 3.15. The molecule has 0 aliphatic carbocycles. The second kappa shape index (κ2) is 4.03. The van der Waals surface area contributed by atoms with Crippen molar-refractivity contribution in [3.05, 3.63) is 33.3 Å². The van der Waals surface area contributed by atoms with E-state index in [0.29, 0.717) is 0 Å². The summed E-state index contributed by atoms with van der Waals surface area (Å²) >= 11 is 5.52. The summed E-state index contributed by atoms with van der Waals surface area (Å²) in [6.07, 6.45) is 0.841. The van der Waals surface area contributed by atoms with Crippen molar-refractivity contribution in [3.63, 3.8) is 0 Å². The number of hydrogen-bond donors (Lipinski definition) is 0. The summed E-state index contributed by atoms with van der Waals surface area (Å²) in [6, 6.07) is 3.37. The molecule has 0 aliphatic rings. The molecule has 1 aromatic carbocycles. The minimum Gasteiger partial charge on any atom is -0.382 e. The van der Waals surface area contributed by atoms with Crippen LogP contribution in [0.5, 0.6) is 5.75 Å². The molecule has 0 N–H and O–H groups in total. The summed E-state index contributed by atoms with van der Waals surface area (Å²) in [7, 11) is -3.70. The topological polar surface area (TPSA) is 86.5 Å². The number of nitrogens with zero attached hydrogens (tertiary/aromatic N) is 1. The third-order valence-corrected chi connectivity index (χ3v) is 2.18. The lowest BCUT2D eigenvalue weighted by Crippen LogP contribution is -2.05. The first-order valence-corrected chi connectivity index (χ1v) is 5.82. The van der Waals surface area contributed by atoms with Crippen LogP contribution in [-0.2, 0) is 10.1 Å². The molecule has 0 unspecified atom stereocenters. The molecule has 0 spiro atoms. The molecule has 1 aromatic rings. The van der Waals surface area contributed by atoms with E-state index in [0.717, 1.165) is 12.3 Å². The maximum absolute atomic E-state index is 10.7. The minimum absolute atomic E-state index is 0.0825. The molecule has 0 heterocycles. The summed E-state index contributed by atoms with van der Waals surface area (Å²) < 4.78 is 25.9. The van der Waals surface area contributed by atoms with Crippen molar-refractivity contribution in [1.82, 2.24) is 0 Å². The predicted molar refractivity (Wildman–Crippen MR) is 53.6 cm³/mol. The first-order chi connectivity index (χ1) is 6.79. The third-order valence-electron chi connectivity index (χ3n) is 1.36. The molecule has 0 radical (unpaired) electrons. The lowest BCUT2D eigenvalue weighted by atomic mass is 10.3. The van der Waals surface area contributed by atoms with Crippen LogP contribution in [0.3, 0.4) is 0 Å². The SMILES string of the molecule is CS(=O)(=O)Oc1ccc(Cl)c([N+](=O)[O-])c1. The minimum atomic E-state index is -3.70. The number of halogens is 1. The Morgan fingerprint density at radius 1 is 1.47 bits per heavy atom. The van der Waals surface area contributed by atoms with Gasteiger partial charge in [0.2, 0.25) is 0 Å². The van der Waals surface area contributed by atoms with Gasteiger partial charge in [0.05, 0.1) is 17.2 Å². The van der Waals surface area contributed by atoms with Gasteiger partial charge in [-0.1, -0.05) is 11.6 Å². The highest BCUT2D eigenvalue weighted by Gasteiger charge is 2.15. The average Bonchev–Trinajstić information content (AvgIpc) is 2.05. The number of hydrogen-bond acceptors (Lipinski definition) is 5. The Labute approximate surface area is 90.7 Å². The van der Waals surface area contributed by atoms with Crippen LogP contribution in [-0.4, -0.2) is 19.6 Å².